The highest BCUT2D eigenvalue weighted by molar-refractivity contribution is 5.89. The summed E-state index contributed by atoms with van der Waals surface area (Å²) in [6, 6.07) is 15.1. The van der Waals surface area contributed by atoms with Crippen LogP contribution < -0.4 is 15.4 Å². The third-order valence-corrected chi connectivity index (χ3v) is 4.41. The van der Waals surface area contributed by atoms with Crippen LogP contribution >= 0.6 is 0 Å². The fourth-order valence-corrected chi connectivity index (χ4v) is 2.60. The lowest BCUT2D eigenvalue weighted by atomic mass is 10.0. The molecule has 0 atom stereocenters. The standard InChI is InChI=1S/C22H29N3O3/c1-16(2)18-8-10-20(11-9-18)28-13-12-25(4)22(27)24-19-7-5-6-17(14-19)15-21(26)23-3/h5-11,14,16H,12-13,15H2,1-4H3,(H,23,26)(H,24,27). The first kappa shape index (κ1) is 21.3. The maximum Gasteiger partial charge on any atom is 0.321 e. The highest BCUT2D eigenvalue weighted by atomic mass is 16.5. The molecule has 6 nitrogen and oxygen atoms in total. The van der Waals surface area contributed by atoms with Gasteiger partial charge < -0.3 is 20.3 Å². The van der Waals surface area contributed by atoms with Gasteiger partial charge in [0.2, 0.25) is 5.91 Å². The second-order valence-corrected chi connectivity index (χ2v) is 6.97. The molecule has 0 spiro atoms. The average molecular weight is 383 g/mol. The number of nitrogens with one attached hydrogen (secondary N) is 2. The van der Waals surface area contributed by atoms with Crippen molar-refractivity contribution in [2.45, 2.75) is 26.2 Å². The number of anilines is 1. The van der Waals surface area contributed by atoms with Gasteiger partial charge in [0.05, 0.1) is 13.0 Å². The van der Waals surface area contributed by atoms with Crippen LogP contribution in [0, 0.1) is 0 Å². The number of benzene rings is 2. The number of likely N-dealkylation sites (N-methyl/N-ethyl adjacent to an activating group) is 2. The van der Waals surface area contributed by atoms with Gasteiger partial charge in [-0.25, -0.2) is 4.79 Å². The molecule has 0 bridgehead atoms. The normalized spacial score (nSPS) is 10.5. The zero-order valence-corrected chi connectivity index (χ0v) is 17.0. The molecular formula is C22H29N3O3. The van der Waals surface area contributed by atoms with Crippen LogP contribution in [0.5, 0.6) is 5.75 Å². The van der Waals surface area contributed by atoms with Crippen LogP contribution in [-0.2, 0) is 11.2 Å². The highest BCUT2D eigenvalue weighted by Crippen LogP contribution is 2.18. The third kappa shape index (κ3) is 6.61. The largest absolute Gasteiger partial charge is 0.492 e. The molecule has 28 heavy (non-hydrogen) atoms. The maximum atomic E-state index is 12.3. The summed E-state index contributed by atoms with van der Waals surface area (Å²) < 4.78 is 5.72. The summed E-state index contributed by atoms with van der Waals surface area (Å²) in [5.41, 5.74) is 2.76. The van der Waals surface area contributed by atoms with Crippen molar-refractivity contribution in [1.29, 1.82) is 0 Å². The number of rotatable bonds is 8. The first-order chi connectivity index (χ1) is 13.4. The van der Waals surface area contributed by atoms with Gasteiger partial charge >= 0.3 is 6.03 Å². The number of hydrogen-bond acceptors (Lipinski definition) is 3. The van der Waals surface area contributed by atoms with Gasteiger partial charge in [0.1, 0.15) is 12.4 Å². The molecule has 2 N–H and O–H groups in total. The van der Waals surface area contributed by atoms with Crippen molar-refractivity contribution in [3.8, 4) is 5.75 Å². The Hall–Kier alpha value is -3.02. The van der Waals surface area contributed by atoms with Gasteiger partial charge in [0.25, 0.3) is 0 Å². The number of urea groups is 1. The van der Waals surface area contributed by atoms with E-state index in [-0.39, 0.29) is 18.4 Å². The van der Waals surface area contributed by atoms with E-state index in [9.17, 15) is 9.59 Å². The van der Waals surface area contributed by atoms with Crippen LogP contribution in [0.25, 0.3) is 0 Å². The summed E-state index contributed by atoms with van der Waals surface area (Å²) in [4.78, 5) is 25.4. The van der Waals surface area contributed by atoms with Gasteiger partial charge in [-0.3, -0.25) is 4.79 Å². The Balaban J connectivity index is 1.81. The summed E-state index contributed by atoms with van der Waals surface area (Å²) in [5.74, 6) is 1.21. The van der Waals surface area contributed by atoms with Crippen LogP contribution in [0.15, 0.2) is 48.5 Å². The number of nitrogens with zero attached hydrogens (tertiary/aromatic N) is 1. The van der Waals surface area contributed by atoms with E-state index in [1.807, 2.05) is 24.3 Å². The summed E-state index contributed by atoms with van der Waals surface area (Å²) in [6.45, 7) is 5.16. The molecule has 150 valence electrons. The van der Waals surface area contributed by atoms with Crippen molar-refractivity contribution < 1.29 is 14.3 Å². The minimum absolute atomic E-state index is 0.0702. The topological polar surface area (TPSA) is 70.7 Å². The number of carbonyl (C=O) groups is 2. The van der Waals surface area contributed by atoms with Crippen molar-refractivity contribution >= 4 is 17.6 Å². The Morgan fingerprint density at radius 2 is 1.82 bits per heavy atom. The Kier molecular flexibility index (Phi) is 7.87. The number of hydrogen-bond donors (Lipinski definition) is 2. The fourth-order valence-electron chi connectivity index (χ4n) is 2.60. The lowest BCUT2D eigenvalue weighted by molar-refractivity contribution is -0.119. The summed E-state index contributed by atoms with van der Waals surface area (Å²) in [6.07, 6.45) is 0.277. The van der Waals surface area contributed by atoms with Gasteiger partial charge in [-0.2, -0.15) is 0 Å². The molecule has 0 aromatic heterocycles. The van der Waals surface area contributed by atoms with Gasteiger partial charge in [0, 0.05) is 19.8 Å². The van der Waals surface area contributed by atoms with Crippen molar-refractivity contribution in [1.82, 2.24) is 10.2 Å². The molecule has 0 heterocycles. The number of amides is 3. The molecule has 6 heteroatoms. The molecule has 0 saturated carbocycles. The molecule has 2 aromatic rings. The van der Waals surface area contributed by atoms with Crippen molar-refractivity contribution in [2.24, 2.45) is 0 Å². The number of ether oxygens (including phenoxy) is 1. The predicted molar refractivity (Wildman–Crippen MR) is 112 cm³/mol. The Bertz CT molecular complexity index is 788. The Labute approximate surface area is 166 Å². The van der Waals surface area contributed by atoms with Gasteiger partial charge in [0.15, 0.2) is 0 Å². The molecule has 0 saturated heterocycles. The molecule has 0 aliphatic carbocycles. The predicted octanol–water partition coefficient (Wildman–Crippen LogP) is 3.64. The monoisotopic (exact) mass is 383 g/mol. The molecule has 0 radical (unpaired) electrons. The van der Waals surface area contributed by atoms with E-state index in [0.29, 0.717) is 24.8 Å². The van der Waals surface area contributed by atoms with E-state index in [1.165, 1.54) is 5.56 Å². The molecule has 0 unspecified atom stereocenters. The van der Waals surface area contributed by atoms with E-state index in [2.05, 4.69) is 36.6 Å². The van der Waals surface area contributed by atoms with Crippen LogP contribution in [0.1, 0.15) is 30.9 Å². The Morgan fingerprint density at radius 3 is 2.46 bits per heavy atom. The van der Waals surface area contributed by atoms with Gasteiger partial charge in [-0.05, 0) is 41.3 Å². The van der Waals surface area contributed by atoms with E-state index in [0.717, 1.165) is 11.3 Å². The average Bonchev–Trinajstić information content (AvgIpc) is 2.68. The zero-order chi connectivity index (χ0) is 20.5. The van der Waals surface area contributed by atoms with Gasteiger partial charge in [-0.15, -0.1) is 0 Å². The van der Waals surface area contributed by atoms with E-state index < -0.39 is 0 Å². The smallest absolute Gasteiger partial charge is 0.321 e. The van der Waals surface area contributed by atoms with Crippen molar-refractivity contribution in [3.05, 3.63) is 59.7 Å². The SMILES string of the molecule is CNC(=O)Cc1cccc(NC(=O)N(C)CCOc2ccc(C(C)C)cc2)c1. The molecule has 0 fully saturated rings. The lowest BCUT2D eigenvalue weighted by Gasteiger charge is -2.18. The zero-order valence-electron chi connectivity index (χ0n) is 17.0. The molecule has 0 aliphatic rings. The quantitative estimate of drug-likeness (QED) is 0.731. The number of carbonyl (C=O) groups excluding carboxylic acids is 2. The van der Waals surface area contributed by atoms with E-state index in [4.69, 9.17) is 4.74 Å². The second-order valence-electron chi connectivity index (χ2n) is 6.97. The highest BCUT2D eigenvalue weighted by Gasteiger charge is 2.10. The summed E-state index contributed by atoms with van der Waals surface area (Å²) in [5, 5.41) is 5.43. The minimum Gasteiger partial charge on any atom is -0.492 e. The minimum atomic E-state index is -0.226. The molecule has 2 aromatic carbocycles. The third-order valence-electron chi connectivity index (χ3n) is 4.41. The van der Waals surface area contributed by atoms with Crippen molar-refractivity contribution in [3.63, 3.8) is 0 Å². The van der Waals surface area contributed by atoms with Crippen LogP contribution in [-0.4, -0.2) is 44.1 Å². The summed E-state index contributed by atoms with van der Waals surface area (Å²) in [7, 11) is 3.32. The molecular weight excluding hydrogens is 354 g/mol. The maximum absolute atomic E-state index is 12.3. The van der Waals surface area contributed by atoms with E-state index in [1.54, 1.807) is 31.1 Å². The van der Waals surface area contributed by atoms with Crippen LogP contribution in [0.3, 0.4) is 0 Å². The van der Waals surface area contributed by atoms with Gasteiger partial charge in [-0.1, -0.05) is 38.1 Å². The molecule has 0 aliphatic heterocycles. The van der Waals surface area contributed by atoms with Crippen molar-refractivity contribution in [2.75, 3.05) is 32.6 Å². The fraction of sp³-hybridized carbons (Fsp3) is 0.364. The Morgan fingerprint density at radius 1 is 1.11 bits per heavy atom. The lowest BCUT2D eigenvalue weighted by Crippen LogP contribution is -2.34. The molecule has 3 amide bonds. The van der Waals surface area contributed by atoms with Crippen LogP contribution in [0.4, 0.5) is 10.5 Å². The molecule has 2 rings (SSSR count). The van der Waals surface area contributed by atoms with E-state index >= 15 is 0 Å². The summed E-state index contributed by atoms with van der Waals surface area (Å²) >= 11 is 0. The second kappa shape index (κ2) is 10.3. The first-order valence-electron chi connectivity index (χ1n) is 9.43. The first-order valence-corrected chi connectivity index (χ1v) is 9.43. The van der Waals surface area contributed by atoms with Crippen LogP contribution in [0.2, 0.25) is 0 Å².